The van der Waals surface area contributed by atoms with Gasteiger partial charge in [-0.1, -0.05) is 30.3 Å². The molecule has 0 spiro atoms. The standard InChI is InChI=1S/C25H24N6O2/c1-18(32)30-25(19-6-3-2-4-7-19)9-13-31(14-10-25)24-28-16-20(21-17-26-11-12-27-21)23(29-24)22-8-5-15-33-22/h2-8,11-12,15-17H,9-10,13-14H2,1H3,(H,30,32). The molecule has 0 radical (unpaired) electrons. The molecule has 33 heavy (non-hydrogen) atoms. The van der Waals surface area contributed by atoms with Crippen LogP contribution in [0, 0.1) is 0 Å². The molecular formula is C25H24N6O2. The Labute approximate surface area is 191 Å². The second-order valence-electron chi connectivity index (χ2n) is 8.12. The zero-order chi connectivity index (χ0) is 22.7. The highest BCUT2D eigenvalue weighted by atomic mass is 16.3. The van der Waals surface area contributed by atoms with Crippen LogP contribution in [0.15, 0.2) is 77.9 Å². The number of piperidine rings is 1. The molecule has 0 saturated carbocycles. The number of nitrogens with one attached hydrogen (secondary N) is 1. The second-order valence-corrected chi connectivity index (χ2v) is 8.12. The molecule has 1 aliphatic rings. The lowest BCUT2D eigenvalue weighted by Gasteiger charge is -2.42. The summed E-state index contributed by atoms with van der Waals surface area (Å²) in [4.78, 5) is 32.3. The molecule has 1 aliphatic heterocycles. The van der Waals surface area contributed by atoms with Crippen molar-refractivity contribution in [1.82, 2.24) is 25.3 Å². The Bertz CT molecular complexity index is 1220. The van der Waals surface area contributed by atoms with Gasteiger partial charge in [0.25, 0.3) is 0 Å². The van der Waals surface area contributed by atoms with Crippen molar-refractivity contribution in [3.05, 3.63) is 79.1 Å². The zero-order valence-corrected chi connectivity index (χ0v) is 18.3. The van der Waals surface area contributed by atoms with Gasteiger partial charge in [0.1, 0.15) is 5.69 Å². The Morgan fingerprint density at radius 2 is 1.85 bits per heavy atom. The van der Waals surface area contributed by atoms with Crippen LogP contribution in [0.5, 0.6) is 0 Å². The van der Waals surface area contributed by atoms with Crippen LogP contribution >= 0.6 is 0 Å². The molecule has 8 nitrogen and oxygen atoms in total. The minimum absolute atomic E-state index is 0.0306. The normalized spacial score (nSPS) is 15.2. The van der Waals surface area contributed by atoms with Crippen LogP contribution in [0.1, 0.15) is 25.3 Å². The van der Waals surface area contributed by atoms with E-state index in [1.807, 2.05) is 30.3 Å². The topological polar surface area (TPSA) is 97.0 Å². The first-order valence-corrected chi connectivity index (χ1v) is 10.9. The van der Waals surface area contributed by atoms with Crippen molar-refractivity contribution < 1.29 is 9.21 Å². The van der Waals surface area contributed by atoms with Crippen LogP contribution in [-0.2, 0) is 10.3 Å². The van der Waals surface area contributed by atoms with Gasteiger partial charge in [-0.15, -0.1) is 0 Å². The summed E-state index contributed by atoms with van der Waals surface area (Å²) in [5, 5.41) is 3.21. The Morgan fingerprint density at radius 1 is 1.03 bits per heavy atom. The van der Waals surface area contributed by atoms with Crippen molar-refractivity contribution in [2.45, 2.75) is 25.3 Å². The lowest BCUT2D eigenvalue weighted by molar-refractivity contribution is -0.121. The third-order valence-electron chi connectivity index (χ3n) is 6.01. The molecule has 0 aliphatic carbocycles. The largest absolute Gasteiger partial charge is 0.463 e. The number of amides is 1. The van der Waals surface area contributed by atoms with Gasteiger partial charge in [0.15, 0.2) is 5.76 Å². The van der Waals surface area contributed by atoms with Crippen molar-refractivity contribution in [3.8, 4) is 22.7 Å². The summed E-state index contributed by atoms with van der Waals surface area (Å²) >= 11 is 0. The minimum Gasteiger partial charge on any atom is -0.463 e. The molecular weight excluding hydrogens is 416 g/mol. The molecule has 1 amide bonds. The predicted octanol–water partition coefficient (Wildman–Crippen LogP) is 3.83. The molecule has 0 bridgehead atoms. The van der Waals surface area contributed by atoms with E-state index >= 15 is 0 Å². The molecule has 1 fully saturated rings. The first-order chi connectivity index (χ1) is 16.1. The summed E-state index contributed by atoms with van der Waals surface area (Å²) in [6, 6.07) is 13.9. The molecule has 166 valence electrons. The molecule has 5 rings (SSSR count). The molecule has 1 aromatic carbocycles. The van der Waals surface area contributed by atoms with Gasteiger partial charge in [-0.3, -0.25) is 14.8 Å². The number of nitrogens with zero attached hydrogens (tertiary/aromatic N) is 5. The highest BCUT2D eigenvalue weighted by molar-refractivity contribution is 5.76. The van der Waals surface area contributed by atoms with Gasteiger partial charge in [-0.05, 0) is 30.5 Å². The van der Waals surface area contributed by atoms with Gasteiger partial charge in [0.2, 0.25) is 11.9 Å². The number of carbonyl (C=O) groups excluding carboxylic acids is 1. The molecule has 0 unspecified atom stereocenters. The third-order valence-corrected chi connectivity index (χ3v) is 6.01. The lowest BCUT2D eigenvalue weighted by Crippen LogP contribution is -2.53. The number of carbonyl (C=O) groups is 1. The van der Waals surface area contributed by atoms with E-state index in [2.05, 4.69) is 37.3 Å². The van der Waals surface area contributed by atoms with Crippen LogP contribution in [-0.4, -0.2) is 38.9 Å². The summed E-state index contributed by atoms with van der Waals surface area (Å²) in [7, 11) is 0. The van der Waals surface area contributed by atoms with Crippen molar-refractivity contribution >= 4 is 11.9 Å². The molecule has 8 heteroatoms. The average Bonchev–Trinajstić information content (AvgIpc) is 3.40. The Hall–Kier alpha value is -4.07. The molecule has 4 heterocycles. The summed E-state index contributed by atoms with van der Waals surface area (Å²) in [5.41, 5.74) is 2.84. The van der Waals surface area contributed by atoms with Gasteiger partial charge in [-0.2, -0.15) is 0 Å². The van der Waals surface area contributed by atoms with E-state index < -0.39 is 5.54 Å². The molecule has 4 aromatic rings. The van der Waals surface area contributed by atoms with Gasteiger partial charge in [-0.25, -0.2) is 9.97 Å². The lowest BCUT2D eigenvalue weighted by atomic mass is 9.81. The summed E-state index contributed by atoms with van der Waals surface area (Å²) in [6.07, 6.45) is 9.87. The highest BCUT2D eigenvalue weighted by Crippen LogP contribution is 2.35. The van der Waals surface area contributed by atoms with E-state index in [1.54, 1.807) is 38.0 Å². The van der Waals surface area contributed by atoms with Crippen LogP contribution in [0.4, 0.5) is 5.95 Å². The molecule has 3 aromatic heterocycles. The van der Waals surface area contributed by atoms with Crippen LogP contribution in [0.2, 0.25) is 0 Å². The van der Waals surface area contributed by atoms with Gasteiger partial charge < -0.3 is 14.6 Å². The number of furan rings is 1. The first-order valence-electron chi connectivity index (χ1n) is 10.9. The van der Waals surface area contributed by atoms with Crippen LogP contribution in [0.3, 0.4) is 0 Å². The molecule has 0 atom stereocenters. The van der Waals surface area contributed by atoms with Crippen LogP contribution in [0.25, 0.3) is 22.7 Å². The number of aromatic nitrogens is 4. The van der Waals surface area contributed by atoms with E-state index in [0.29, 0.717) is 36.2 Å². The number of hydrogen-bond acceptors (Lipinski definition) is 7. The fraction of sp³-hybridized carbons (Fsp3) is 0.240. The van der Waals surface area contributed by atoms with Crippen molar-refractivity contribution in [2.24, 2.45) is 0 Å². The third kappa shape index (κ3) is 4.19. The quantitative estimate of drug-likeness (QED) is 0.504. The maximum Gasteiger partial charge on any atom is 0.226 e. The van der Waals surface area contributed by atoms with E-state index in [-0.39, 0.29) is 5.91 Å². The van der Waals surface area contributed by atoms with E-state index in [9.17, 15) is 4.79 Å². The number of benzene rings is 1. The maximum absolute atomic E-state index is 12.0. The fourth-order valence-corrected chi connectivity index (χ4v) is 4.42. The van der Waals surface area contributed by atoms with Crippen molar-refractivity contribution in [2.75, 3.05) is 18.0 Å². The first kappa shape index (κ1) is 20.8. The fourth-order valence-electron chi connectivity index (χ4n) is 4.42. The highest BCUT2D eigenvalue weighted by Gasteiger charge is 2.37. The van der Waals surface area contributed by atoms with Crippen molar-refractivity contribution in [1.29, 1.82) is 0 Å². The SMILES string of the molecule is CC(=O)NC1(c2ccccc2)CCN(c2ncc(-c3cnccn3)c(-c3ccco3)n2)CC1. The summed E-state index contributed by atoms with van der Waals surface area (Å²) < 4.78 is 5.65. The smallest absolute Gasteiger partial charge is 0.226 e. The maximum atomic E-state index is 12.0. The van der Waals surface area contributed by atoms with Gasteiger partial charge in [0, 0.05) is 44.2 Å². The van der Waals surface area contributed by atoms with E-state index in [4.69, 9.17) is 9.40 Å². The van der Waals surface area contributed by atoms with Crippen molar-refractivity contribution in [3.63, 3.8) is 0 Å². The summed E-state index contributed by atoms with van der Waals surface area (Å²) in [5.74, 6) is 1.24. The predicted molar refractivity (Wildman–Crippen MR) is 124 cm³/mol. The average molecular weight is 441 g/mol. The molecule has 1 saturated heterocycles. The minimum atomic E-state index is -0.396. The zero-order valence-electron chi connectivity index (χ0n) is 18.3. The monoisotopic (exact) mass is 440 g/mol. The Morgan fingerprint density at radius 3 is 2.52 bits per heavy atom. The number of rotatable bonds is 5. The Kier molecular flexibility index (Phi) is 5.56. The van der Waals surface area contributed by atoms with Gasteiger partial charge in [0.05, 0.1) is 23.7 Å². The van der Waals surface area contributed by atoms with Gasteiger partial charge >= 0.3 is 0 Å². The number of anilines is 1. The second kappa shape index (κ2) is 8.82. The number of hydrogen-bond donors (Lipinski definition) is 1. The molecule has 1 N–H and O–H groups in total. The van der Waals surface area contributed by atoms with E-state index in [1.165, 1.54) is 0 Å². The van der Waals surface area contributed by atoms with Crippen LogP contribution < -0.4 is 10.2 Å². The van der Waals surface area contributed by atoms with E-state index in [0.717, 1.165) is 24.0 Å². The summed E-state index contributed by atoms with van der Waals surface area (Å²) in [6.45, 7) is 2.98. The Balaban J connectivity index is 1.45.